The lowest BCUT2D eigenvalue weighted by atomic mass is 9.86. The van der Waals surface area contributed by atoms with Crippen LogP contribution in [0.5, 0.6) is 0 Å². The van der Waals surface area contributed by atoms with Crippen LogP contribution >= 0.6 is 0 Å². The number of amides is 2. The Labute approximate surface area is 167 Å². The number of nitrogens with zero attached hydrogens (tertiary/aromatic N) is 1. The molecule has 6 nitrogen and oxygen atoms in total. The molecule has 2 aromatic rings. The van der Waals surface area contributed by atoms with Gasteiger partial charge >= 0.3 is 6.09 Å². The molecule has 29 heavy (non-hydrogen) atoms. The smallest absolute Gasteiger partial charge is 0.407 e. The highest BCUT2D eigenvalue weighted by molar-refractivity contribution is 6.04. The molecular weight excluding hydrogens is 375 g/mol. The maximum atomic E-state index is 14.4. The van der Waals surface area contributed by atoms with E-state index in [1.807, 2.05) is 6.07 Å². The monoisotopic (exact) mass is 396 g/mol. The summed E-state index contributed by atoms with van der Waals surface area (Å²) < 4.78 is 19.3. The van der Waals surface area contributed by atoms with E-state index >= 15 is 0 Å². The van der Waals surface area contributed by atoms with Crippen molar-refractivity contribution in [1.82, 2.24) is 10.2 Å². The number of likely N-dealkylation sites (N-methyl/N-ethyl adjacent to an activating group) is 1. The summed E-state index contributed by atoms with van der Waals surface area (Å²) in [4.78, 5) is 38.3. The summed E-state index contributed by atoms with van der Waals surface area (Å²) in [5.41, 5.74) is 1.72. The molecule has 0 radical (unpaired) electrons. The van der Waals surface area contributed by atoms with Gasteiger partial charge in [0.2, 0.25) is 5.91 Å². The van der Waals surface area contributed by atoms with Gasteiger partial charge < -0.3 is 15.0 Å². The lowest BCUT2D eigenvalue weighted by molar-refractivity contribution is -0.127. The van der Waals surface area contributed by atoms with Crippen LogP contribution in [0.1, 0.15) is 33.8 Å². The zero-order valence-electron chi connectivity index (χ0n) is 15.9. The van der Waals surface area contributed by atoms with E-state index in [2.05, 4.69) is 5.32 Å². The number of nitrogens with one attached hydrogen (secondary N) is 1. The molecule has 150 valence electrons. The van der Waals surface area contributed by atoms with E-state index in [-0.39, 0.29) is 30.8 Å². The molecule has 1 N–H and O–H groups in total. The second-order valence-electron chi connectivity index (χ2n) is 7.49. The molecular formula is C22H21FN2O4. The number of rotatable bonds is 5. The molecule has 0 aromatic heterocycles. The second kappa shape index (κ2) is 7.66. The highest BCUT2D eigenvalue weighted by Gasteiger charge is 2.44. The SMILES string of the molecule is CN1C(=O)C[C@H](c2ccccc2F)[C@@H]1C(=O)c1cccc(C[C@H]2COC(=O)N2)c1. The number of ether oxygens (including phenoxy) is 1. The van der Waals surface area contributed by atoms with Gasteiger partial charge in [0.1, 0.15) is 18.5 Å². The predicted octanol–water partition coefficient (Wildman–Crippen LogP) is 2.67. The molecule has 2 saturated heterocycles. The van der Waals surface area contributed by atoms with Crippen LogP contribution in [0, 0.1) is 5.82 Å². The fraction of sp³-hybridized carbons (Fsp3) is 0.318. The van der Waals surface area contributed by atoms with Gasteiger partial charge in [0.15, 0.2) is 5.78 Å². The number of benzene rings is 2. The summed E-state index contributed by atoms with van der Waals surface area (Å²) in [6, 6.07) is 12.5. The van der Waals surface area contributed by atoms with E-state index in [9.17, 15) is 18.8 Å². The number of cyclic esters (lactones) is 1. The lowest BCUT2D eigenvalue weighted by Gasteiger charge is -2.24. The Morgan fingerprint density at radius 1 is 1.21 bits per heavy atom. The normalized spacial score (nSPS) is 23.8. The maximum absolute atomic E-state index is 14.4. The first-order chi connectivity index (χ1) is 13.9. The number of likely N-dealkylation sites (tertiary alicyclic amines) is 1. The number of carbonyl (C=O) groups excluding carboxylic acids is 3. The molecule has 2 heterocycles. The number of Topliss-reactive ketones (excluding diaryl/α,β-unsaturated/α-hetero) is 1. The largest absolute Gasteiger partial charge is 0.447 e. The molecule has 3 atom stereocenters. The van der Waals surface area contributed by atoms with Gasteiger partial charge in [-0.1, -0.05) is 36.4 Å². The number of ketones is 1. The predicted molar refractivity (Wildman–Crippen MR) is 103 cm³/mol. The van der Waals surface area contributed by atoms with Gasteiger partial charge in [-0.2, -0.15) is 0 Å². The first kappa shape index (κ1) is 19.1. The number of alkyl carbamates (subject to hydrolysis) is 1. The van der Waals surface area contributed by atoms with Crippen LogP contribution in [0.15, 0.2) is 48.5 Å². The van der Waals surface area contributed by atoms with Gasteiger partial charge in [-0.15, -0.1) is 0 Å². The zero-order chi connectivity index (χ0) is 20.5. The lowest BCUT2D eigenvalue weighted by Crippen LogP contribution is -2.38. The minimum Gasteiger partial charge on any atom is -0.447 e. The summed E-state index contributed by atoms with van der Waals surface area (Å²) in [6.45, 7) is 0.284. The summed E-state index contributed by atoms with van der Waals surface area (Å²) in [6.07, 6.45) is 0.184. The van der Waals surface area contributed by atoms with Crippen molar-refractivity contribution in [2.24, 2.45) is 0 Å². The Hall–Kier alpha value is -3.22. The number of hydrogen-bond acceptors (Lipinski definition) is 4. The summed E-state index contributed by atoms with van der Waals surface area (Å²) >= 11 is 0. The molecule has 2 aliphatic heterocycles. The average Bonchev–Trinajstić information content (AvgIpc) is 3.24. The van der Waals surface area contributed by atoms with E-state index in [4.69, 9.17) is 4.74 Å². The molecule has 0 unspecified atom stereocenters. The Balaban J connectivity index is 1.60. The van der Waals surface area contributed by atoms with Crippen molar-refractivity contribution in [3.8, 4) is 0 Å². The van der Waals surface area contributed by atoms with Crippen LogP contribution in [-0.4, -0.2) is 48.4 Å². The first-order valence-electron chi connectivity index (χ1n) is 9.50. The van der Waals surface area contributed by atoms with Gasteiger partial charge in [-0.05, 0) is 29.7 Å². The first-order valence-corrected chi connectivity index (χ1v) is 9.50. The Morgan fingerprint density at radius 3 is 2.72 bits per heavy atom. The fourth-order valence-corrected chi connectivity index (χ4v) is 4.13. The molecule has 2 aliphatic rings. The van der Waals surface area contributed by atoms with Crippen LogP contribution in [0.4, 0.5) is 9.18 Å². The Kier molecular flexibility index (Phi) is 5.05. The number of carbonyl (C=O) groups is 3. The molecule has 4 rings (SSSR count). The standard InChI is InChI=1S/C22H21FN2O4/c1-25-19(26)11-17(16-7-2-3-8-18(16)23)20(25)21(27)14-6-4-5-13(9-14)10-15-12-29-22(28)24-15/h2-9,15,17,20H,10-12H2,1H3,(H,24,28)/t15-,17+,20+/m0/s1. The van der Waals surface area contributed by atoms with Gasteiger partial charge in [0.25, 0.3) is 0 Å². The van der Waals surface area contributed by atoms with Gasteiger partial charge in [0, 0.05) is 24.9 Å². The minimum absolute atomic E-state index is 0.0962. The summed E-state index contributed by atoms with van der Waals surface area (Å²) in [5.74, 6) is -1.35. The van der Waals surface area contributed by atoms with Gasteiger partial charge in [-0.3, -0.25) is 9.59 Å². The third kappa shape index (κ3) is 3.72. The number of halogens is 1. The van der Waals surface area contributed by atoms with Gasteiger partial charge in [0.05, 0.1) is 6.04 Å². The highest BCUT2D eigenvalue weighted by Crippen LogP contribution is 2.36. The fourth-order valence-electron chi connectivity index (χ4n) is 4.13. The Morgan fingerprint density at radius 2 is 2.00 bits per heavy atom. The minimum atomic E-state index is -0.760. The van der Waals surface area contributed by atoms with E-state index < -0.39 is 23.9 Å². The van der Waals surface area contributed by atoms with E-state index in [0.29, 0.717) is 17.5 Å². The summed E-state index contributed by atoms with van der Waals surface area (Å²) in [7, 11) is 1.58. The molecule has 7 heteroatoms. The van der Waals surface area contributed by atoms with Crippen molar-refractivity contribution in [2.45, 2.75) is 30.8 Å². The molecule has 0 spiro atoms. The summed E-state index contributed by atoms with van der Waals surface area (Å²) in [5, 5.41) is 2.71. The van der Waals surface area contributed by atoms with Crippen LogP contribution in [-0.2, 0) is 16.0 Å². The molecule has 0 bridgehead atoms. The van der Waals surface area contributed by atoms with E-state index in [1.54, 1.807) is 43.4 Å². The second-order valence-corrected chi connectivity index (χ2v) is 7.49. The van der Waals surface area contributed by atoms with Crippen molar-refractivity contribution < 1.29 is 23.5 Å². The van der Waals surface area contributed by atoms with Crippen LogP contribution in [0.3, 0.4) is 0 Å². The molecule has 2 aromatic carbocycles. The maximum Gasteiger partial charge on any atom is 0.407 e. The van der Waals surface area contributed by atoms with Crippen molar-refractivity contribution in [2.75, 3.05) is 13.7 Å². The van der Waals surface area contributed by atoms with Crippen LogP contribution < -0.4 is 5.32 Å². The van der Waals surface area contributed by atoms with Crippen molar-refractivity contribution in [3.63, 3.8) is 0 Å². The molecule has 2 fully saturated rings. The highest BCUT2D eigenvalue weighted by atomic mass is 19.1. The molecule has 2 amide bonds. The molecule has 0 saturated carbocycles. The van der Waals surface area contributed by atoms with Gasteiger partial charge in [-0.25, -0.2) is 9.18 Å². The van der Waals surface area contributed by atoms with Crippen LogP contribution in [0.2, 0.25) is 0 Å². The van der Waals surface area contributed by atoms with Crippen molar-refractivity contribution >= 4 is 17.8 Å². The third-order valence-electron chi connectivity index (χ3n) is 5.59. The van der Waals surface area contributed by atoms with Crippen LogP contribution in [0.25, 0.3) is 0 Å². The number of hydrogen-bond donors (Lipinski definition) is 1. The topological polar surface area (TPSA) is 75.7 Å². The van der Waals surface area contributed by atoms with Crippen molar-refractivity contribution in [3.05, 3.63) is 71.0 Å². The zero-order valence-corrected chi connectivity index (χ0v) is 15.9. The average molecular weight is 396 g/mol. The van der Waals surface area contributed by atoms with E-state index in [0.717, 1.165) is 5.56 Å². The Bertz CT molecular complexity index is 977. The quantitative estimate of drug-likeness (QED) is 0.789. The van der Waals surface area contributed by atoms with Crippen molar-refractivity contribution in [1.29, 1.82) is 0 Å². The van der Waals surface area contributed by atoms with E-state index in [1.165, 1.54) is 11.0 Å². The third-order valence-corrected chi connectivity index (χ3v) is 5.59. The molecule has 0 aliphatic carbocycles.